The van der Waals surface area contributed by atoms with Gasteiger partial charge < -0.3 is 24.1 Å². The largest absolute Gasteiger partial charge is 0.445 e. The van der Waals surface area contributed by atoms with Gasteiger partial charge in [0.15, 0.2) is 5.79 Å². The summed E-state index contributed by atoms with van der Waals surface area (Å²) in [6.45, 7) is 4.08. The molecule has 3 heterocycles. The lowest BCUT2D eigenvalue weighted by molar-refractivity contribution is -0.172. The van der Waals surface area contributed by atoms with Gasteiger partial charge in [-0.25, -0.2) is 4.99 Å². The SMILES string of the molecule is CC1(C)OC[C@@H]([C@H]2O[C@@H]3OC(c4ccccc4)=N[C@@H]3[C@H]2O)O1. The molecule has 6 nitrogen and oxygen atoms in total. The Bertz CT molecular complexity index is 587. The van der Waals surface area contributed by atoms with E-state index in [2.05, 4.69) is 4.99 Å². The Balaban J connectivity index is 1.50. The van der Waals surface area contributed by atoms with Gasteiger partial charge in [-0.15, -0.1) is 0 Å². The first-order chi connectivity index (χ1) is 10.5. The molecule has 118 valence electrons. The molecule has 3 aliphatic heterocycles. The molecule has 0 amide bonds. The van der Waals surface area contributed by atoms with Crippen LogP contribution in [-0.4, -0.2) is 54.0 Å². The van der Waals surface area contributed by atoms with Gasteiger partial charge >= 0.3 is 0 Å². The second kappa shape index (κ2) is 5.03. The Morgan fingerprint density at radius 2 is 2.00 bits per heavy atom. The van der Waals surface area contributed by atoms with Crippen LogP contribution in [0.4, 0.5) is 0 Å². The molecule has 4 rings (SSSR count). The number of aliphatic hydroxyl groups is 1. The summed E-state index contributed by atoms with van der Waals surface area (Å²) in [5.41, 5.74) is 0.880. The normalized spacial score (nSPS) is 39.4. The molecule has 0 radical (unpaired) electrons. The van der Waals surface area contributed by atoms with Crippen molar-refractivity contribution < 1.29 is 24.1 Å². The molecule has 1 aromatic rings. The van der Waals surface area contributed by atoms with Gasteiger partial charge in [-0.2, -0.15) is 0 Å². The van der Waals surface area contributed by atoms with Crippen molar-refractivity contribution in [2.45, 2.75) is 50.3 Å². The highest BCUT2D eigenvalue weighted by atomic mass is 16.8. The maximum Gasteiger partial charge on any atom is 0.227 e. The minimum absolute atomic E-state index is 0.311. The van der Waals surface area contributed by atoms with Crippen LogP contribution in [0, 0.1) is 0 Å². The molecule has 6 heteroatoms. The van der Waals surface area contributed by atoms with Crippen LogP contribution in [0.25, 0.3) is 0 Å². The zero-order valence-electron chi connectivity index (χ0n) is 12.5. The van der Waals surface area contributed by atoms with E-state index in [0.29, 0.717) is 12.5 Å². The summed E-state index contributed by atoms with van der Waals surface area (Å²) < 4.78 is 22.9. The average molecular weight is 305 g/mol. The molecule has 0 saturated carbocycles. The van der Waals surface area contributed by atoms with Crippen molar-refractivity contribution in [1.29, 1.82) is 0 Å². The summed E-state index contributed by atoms with van der Waals surface area (Å²) in [6.07, 6.45) is -2.14. The number of hydrogen-bond acceptors (Lipinski definition) is 6. The lowest BCUT2D eigenvalue weighted by atomic mass is 10.1. The lowest BCUT2D eigenvalue weighted by Crippen LogP contribution is -2.40. The molecule has 5 atom stereocenters. The van der Waals surface area contributed by atoms with Crippen molar-refractivity contribution in [3.63, 3.8) is 0 Å². The highest BCUT2D eigenvalue weighted by Crippen LogP contribution is 2.36. The zero-order chi connectivity index (χ0) is 15.3. The van der Waals surface area contributed by atoms with Crippen molar-refractivity contribution >= 4 is 5.90 Å². The highest BCUT2D eigenvalue weighted by Gasteiger charge is 2.54. The molecule has 3 aliphatic rings. The van der Waals surface area contributed by atoms with Crippen LogP contribution in [-0.2, 0) is 18.9 Å². The van der Waals surface area contributed by atoms with E-state index < -0.39 is 30.3 Å². The first kappa shape index (κ1) is 14.1. The summed E-state index contributed by atoms with van der Waals surface area (Å²) in [6, 6.07) is 9.18. The van der Waals surface area contributed by atoms with Gasteiger partial charge in [-0.05, 0) is 26.0 Å². The van der Waals surface area contributed by atoms with Crippen LogP contribution in [0.2, 0.25) is 0 Å². The van der Waals surface area contributed by atoms with Crippen LogP contribution >= 0.6 is 0 Å². The Morgan fingerprint density at radius 3 is 2.64 bits per heavy atom. The molecule has 1 aromatic carbocycles. The summed E-state index contributed by atoms with van der Waals surface area (Å²) in [5, 5.41) is 10.5. The lowest BCUT2D eigenvalue weighted by Gasteiger charge is -2.23. The number of benzene rings is 1. The van der Waals surface area contributed by atoms with Crippen LogP contribution in [0.3, 0.4) is 0 Å². The van der Waals surface area contributed by atoms with Gasteiger partial charge in [0.05, 0.1) is 6.61 Å². The van der Waals surface area contributed by atoms with E-state index in [1.54, 1.807) is 0 Å². The smallest absolute Gasteiger partial charge is 0.227 e. The van der Waals surface area contributed by atoms with Gasteiger partial charge in [0, 0.05) is 5.56 Å². The Hall–Kier alpha value is -1.47. The molecule has 0 bridgehead atoms. The molecule has 2 fully saturated rings. The van der Waals surface area contributed by atoms with Crippen LogP contribution < -0.4 is 0 Å². The Kier molecular flexibility index (Phi) is 3.23. The first-order valence-corrected chi connectivity index (χ1v) is 7.49. The summed E-state index contributed by atoms with van der Waals surface area (Å²) in [5.74, 6) is -0.137. The second-order valence-electron chi connectivity index (χ2n) is 6.24. The van der Waals surface area contributed by atoms with Gasteiger partial charge in [-0.1, -0.05) is 18.2 Å². The molecule has 0 aliphatic carbocycles. The van der Waals surface area contributed by atoms with Crippen molar-refractivity contribution in [1.82, 2.24) is 0 Å². The Morgan fingerprint density at radius 1 is 1.23 bits per heavy atom. The minimum atomic E-state index is -0.770. The molecular formula is C16H19NO5. The van der Waals surface area contributed by atoms with Crippen molar-refractivity contribution in [2.75, 3.05) is 6.61 Å². The van der Waals surface area contributed by atoms with Gasteiger partial charge in [0.2, 0.25) is 12.2 Å². The van der Waals surface area contributed by atoms with Gasteiger partial charge in [0.1, 0.15) is 24.4 Å². The van der Waals surface area contributed by atoms with Crippen LogP contribution in [0.1, 0.15) is 19.4 Å². The fraction of sp³-hybridized carbons (Fsp3) is 0.562. The van der Waals surface area contributed by atoms with Gasteiger partial charge in [-0.3, -0.25) is 0 Å². The molecule has 1 N–H and O–H groups in total. The third-order valence-electron chi connectivity index (χ3n) is 4.17. The maximum absolute atomic E-state index is 10.5. The molecule has 0 spiro atoms. The summed E-state index contributed by atoms with van der Waals surface area (Å²) in [4.78, 5) is 4.48. The van der Waals surface area contributed by atoms with Crippen molar-refractivity contribution in [2.24, 2.45) is 4.99 Å². The standard InChI is InChI=1S/C16H19NO5/c1-16(2)19-8-10(22-16)13-12(18)11-15(20-13)21-14(17-11)9-6-4-3-5-7-9/h3-7,10-13,15,18H,8H2,1-2H3/t10-,11+,12+,13+,15+/m0/s1. The van der Waals surface area contributed by atoms with Gasteiger partial charge in [0.25, 0.3) is 0 Å². The van der Waals surface area contributed by atoms with Crippen LogP contribution in [0.15, 0.2) is 35.3 Å². The monoisotopic (exact) mass is 305 g/mol. The average Bonchev–Trinajstić information content (AvgIpc) is 3.15. The predicted octanol–water partition coefficient (Wildman–Crippen LogP) is 1.07. The van der Waals surface area contributed by atoms with E-state index in [4.69, 9.17) is 18.9 Å². The van der Waals surface area contributed by atoms with Crippen molar-refractivity contribution in [3.8, 4) is 0 Å². The maximum atomic E-state index is 10.5. The highest BCUT2D eigenvalue weighted by molar-refractivity contribution is 5.95. The topological polar surface area (TPSA) is 69.5 Å². The van der Waals surface area contributed by atoms with E-state index in [1.165, 1.54) is 0 Å². The fourth-order valence-corrected chi connectivity index (χ4v) is 3.09. The number of hydrogen-bond donors (Lipinski definition) is 1. The van der Waals surface area contributed by atoms with E-state index in [-0.39, 0.29) is 6.10 Å². The predicted molar refractivity (Wildman–Crippen MR) is 77.4 cm³/mol. The quantitative estimate of drug-likeness (QED) is 0.885. The van der Waals surface area contributed by atoms with Crippen LogP contribution in [0.5, 0.6) is 0 Å². The molecule has 2 saturated heterocycles. The van der Waals surface area contributed by atoms with E-state index in [9.17, 15) is 5.11 Å². The second-order valence-corrected chi connectivity index (χ2v) is 6.24. The molecule has 0 aromatic heterocycles. The fourth-order valence-electron chi connectivity index (χ4n) is 3.09. The summed E-state index contributed by atoms with van der Waals surface area (Å²) in [7, 11) is 0. The number of aliphatic imine (C=N–C) groups is 1. The number of ether oxygens (including phenoxy) is 4. The minimum Gasteiger partial charge on any atom is -0.445 e. The number of aliphatic hydroxyl groups excluding tert-OH is 1. The van der Waals surface area contributed by atoms with E-state index >= 15 is 0 Å². The van der Waals surface area contributed by atoms with Crippen molar-refractivity contribution in [3.05, 3.63) is 35.9 Å². The Labute approximate surface area is 128 Å². The third kappa shape index (κ3) is 2.32. The number of fused-ring (bicyclic) bond motifs is 1. The molecular weight excluding hydrogens is 286 g/mol. The number of nitrogens with zero attached hydrogens (tertiary/aromatic N) is 1. The zero-order valence-corrected chi connectivity index (χ0v) is 12.5. The first-order valence-electron chi connectivity index (χ1n) is 7.49. The molecule has 22 heavy (non-hydrogen) atoms. The molecule has 0 unspecified atom stereocenters. The van der Waals surface area contributed by atoms with E-state index in [0.717, 1.165) is 5.56 Å². The number of rotatable bonds is 2. The third-order valence-corrected chi connectivity index (χ3v) is 4.17. The summed E-state index contributed by atoms with van der Waals surface area (Å²) >= 11 is 0. The van der Waals surface area contributed by atoms with E-state index in [1.807, 2.05) is 44.2 Å².